The Morgan fingerprint density at radius 1 is 0.897 bits per heavy atom. The molecule has 7 heteroatoms. The van der Waals surface area contributed by atoms with Crippen LogP contribution in [0.4, 0.5) is 10.5 Å². The van der Waals surface area contributed by atoms with E-state index in [1.165, 1.54) is 0 Å². The molecule has 3 rings (SSSR count). The summed E-state index contributed by atoms with van der Waals surface area (Å²) in [5, 5.41) is 5.81. The molecule has 0 saturated heterocycles. The number of ether oxygens (including phenoxy) is 1. The molecule has 0 saturated carbocycles. The molecule has 29 heavy (non-hydrogen) atoms. The van der Waals surface area contributed by atoms with Crippen molar-refractivity contribution in [2.45, 2.75) is 12.5 Å². The topological polar surface area (TPSA) is 93.5 Å². The van der Waals surface area contributed by atoms with Gasteiger partial charge in [0.25, 0.3) is 0 Å². The van der Waals surface area contributed by atoms with E-state index in [9.17, 15) is 9.59 Å². The normalized spacial score (nSPS) is 11.3. The monoisotopic (exact) mass is 409 g/mol. The smallest absolute Gasteiger partial charge is 0.312 e. The summed E-state index contributed by atoms with van der Waals surface area (Å²) < 4.78 is 5.73. The number of halogens is 1. The number of carbonyl (C=O) groups excluding carboxylic acids is 2. The number of nitrogens with two attached hydrogens (primary N) is 1. The number of anilines is 1. The quantitative estimate of drug-likeness (QED) is 0.519. The molecule has 0 spiro atoms. The van der Waals surface area contributed by atoms with E-state index in [1.54, 1.807) is 48.5 Å². The zero-order valence-corrected chi connectivity index (χ0v) is 16.2. The van der Waals surface area contributed by atoms with Crippen LogP contribution in [0, 0.1) is 0 Å². The number of para-hydroxylation sites is 1. The minimum Gasteiger partial charge on any atom is -0.457 e. The van der Waals surface area contributed by atoms with Crippen molar-refractivity contribution < 1.29 is 14.3 Å². The Hall–Kier alpha value is -3.51. The highest BCUT2D eigenvalue weighted by Gasteiger charge is 2.19. The lowest BCUT2D eigenvalue weighted by molar-refractivity contribution is -0.116. The second kappa shape index (κ2) is 9.61. The van der Waals surface area contributed by atoms with Gasteiger partial charge in [0.05, 0.1) is 12.5 Å². The Morgan fingerprint density at radius 2 is 1.52 bits per heavy atom. The predicted octanol–water partition coefficient (Wildman–Crippen LogP) is 4.87. The molecular formula is C22H20ClN3O3. The van der Waals surface area contributed by atoms with Gasteiger partial charge in [-0.25, -0.2) is 4.79 Å². The second-order valence-corrected chi connectivity index (χ2v) is 6.68. The van der Waals surface area contributed by atoms with Crippen molar-refractivity contribution in [3.63, 3.8) is 0 Å². The second-order valence-electron chi connectivity index (χ2n) is 6.27. The van der Waals surface area contributed by atoms with Crippen LogP contribution in [0.3, 0.4) is 0 Å². The highest BCUT2D eigenvalue weighted by atomic mass is 35.5. The standard InChI is InChI=1S/C22H20ClN3O3/c23-19-9-5-4-8-18(19)20(26-22(24)28)14-21(27)25-15-10-12-17(13-11-15)29-16-6-2-1-3-7-16/h1-13,20H,14H2,(H,25,27)(H3,24,26,28)/t20-/m1/s1. The number of urea groups is 1. The molecule has 3 aromatic rings. The molecule has 0 bridgehead atoms. The molecule has 0 aliphatic heterocycles. The number of rotatable bonds is 7. The predicted molar refractivity (Wildman–Crippen MR) is 113 cm³/mol. The third-order valence-corrected chi connectivity index (χ3v) is 4.45. The molecule has 6 nitrogen and oxygen atoms in total. The summed E-state index contributed by atoms with van der Waals surface area (Å²) >= 11 is 6.19. The van der Waals surface area contributed by atoms with E-state index in [-0.39, 0.29) is 12.3 Å². The average Bonchev–Trinajstić information content (AvgIpc) is 2.70. The number of benzene rings is 3. The van der Waals surface area contributed by atoms with Gasteiger partial charge in [0.2, 0.25) is 5.91 Å². The van der Waals surface area contributed by atoms with E-state index in [4.69, 9.17) is 22.1 Å². The summed E-state index contributed by atoms with van der Waals surface area (Å²) in [4.78, 5) is 23.8. The molecule has 3 amide bonds. The lowest BCUT2D eigenvalue weighted by Crippen LogP contribution is -2.35. The van der Waals surface area contributed by atoms with Gasteiger partial charge in [-0.3, -0.25) is 4.79 Å². The van der Waals surface area contributed by atoms with Crippen molar-refractivity contribution >= 4 is 29.2 Å². The first-order valence-corrected chi connectivity index (χ1v) is 9.32. The van der Waals surface area contributed by atoms with Gasteiger partial charge < -0.3 is 21.1 Å². The molecule has 0 fully saturated rings. The molecule has 0 radical (unpaired) electrons. The highest BCUT2D eigenvalue weighted by molar-refractivity contribution is 6.31. The number of hydrogen-bond acceptors (Lipinski definition) is 3. The summed E-state index contributed by atoms with van der Waals surface area (Å²) in [5.41, 5.74) is 6.47. The van der Waals surface area contributed by atoms with Crippen LogP contribution < -0.4 is 21.1 Å². The zero-order chi connectivity index (χ0) is 20.6. The Morgan fingerprint density at radius 3 is 2.17 bits per heavy atom. The summed E-state index contributed by atoms with van der Waals surface area (Å²) in [6.07, 6.45) is -0.0189. The molecule has 3 aromatic carbocycles. The van der Waals surface area contributed by atoms with Crippen molar-refractivity contribution in [1.29, 1.82) is 0 Å². The fourth-order valence-corrected chi connectivity index (χ4v) is 3.06. The molecule has 148 valence electrons. The van der Waals surface area contributed by atoms with Gasteiger partial charge in [-0.05, 0) is 48.0 Å². The van der Waals surface area contributed by atoms with Gasteiger partial charge in [0, 0.05) is 10.7 Å². The van der Waals surface area contributed by atoms with Gasteiger partial charge in [0.15, 0.2) is 0 Å². The van der Waals surface area contributed by atoms with Crippen LogP contribution in [0.1, 0.15) is 18.0 Å². The van der Waals surface area contributed by atoms with Crippen molar-refractivity contribution in [2.24, 2.45) is 5.73 Å². The van der Waals surface area contributed by atoms with Gasteiger partial charge in [0.1, 0.15) is 11.5 Å². The largest absolute Gasteiger partial charge is 0.457 e. The summed E-state index contributed by atoms with van der Waals surface area (Å²) in [5.74, 6) is 1.09. The van der Waals surface area contributed by atoms with E-state index in [2.05, 4.69) is 10.6 Å². The molecule has 0 aliphatic rings. The van der Waals surface area contributed by atoms with E-state index >= 15 is 0 Å². The van der Waals surface area contributed by atoms with Gasteiger partial charge >= 0.3 is 6.03 Å². The number of hydrogen-bond donors (Lipinski definition) is 3. The molecule has 0 unspecified atom stereocenters. The van der Waals surface area contributed by atoms with Crippen molar-refractivity contribution in [3.05, 3.63) is 89.4 Å². The van der Waals surface area contributed by atoms with Crippen molar-refractivity contribution in [2.75, 3.05) is 5.32 Å². The molecular weight excluding hydrogens is 390 g/mol. The molecule has 0 aliphatic carbocycles. The Balaban J connectivity index is 1.64. The first kappa shape index (κ1) is 20.2. The Labute approximate surface area is 173 Å². The minimum absolute atomic E-state index is 0.0189. The number of carbonyl (C=O) groups is 2. The van der Waals surface area contributed by atoms with Crippen LogP contribution >= 0.6 is 11.6 Å². The van der Waals surface area contributed by atoms with E-state index in [0.29, 0.717) is 22.0 Å². The molecule has 0 aromatic heterocycles. The summed E-state index contributed by atoms with van der Waals surface area (Å²) in [6.45, 7) is 0. The van der Waals surface area contributed by atoms with Gasteiger partial charge in [-0.2, -0.15) is 0 Å². The first-order chi connectivity index (χ1) is 14.0. The van der Waals surface area contributed by atoms with Crippen LogP contribution in [-0.4, -0.2) is 11.9 Å². The molecule has 1 atom stereocenters. The number of nitrogens with one attached hydrogen (secondary N) is 2. The Bertz CT molecular complexity index is 978. The lowest BCUT2D eigenvalue weighted by Gasteiger charge is -2.19. The third-order valence-electron chi connectivity index (χ3n) is 4.10. The van der Waals surface area contributed by atoms with E-state index in [1.807, 2.05) is 30.3 Å². The van der Waals surface area contributed by atoms with Crippen LogP contribution in [0.5, 0.6) is 11.5 Å². The number of amides is 3. The van der Waals surface area contributed by atoms with Crippen molar-refractivity contribution in [3.8, 4) is 11.5 Å². The molecule has 4 N–H and O–H groups in total. The fraction of sp³-hybridized carbons (Fsp3) is 0.0909. The Kier molecular flexibility index (Phi) is 6.71. The number of primary amides is 1. The van der Waals surface area contributed by atoms with Crippen LogP contribution in [0.2, 0.25) is 5.02 Å². The average molecular weight is 410 g/mol. The highest BCUT2D eigenvalue weighted by Crippen LogP contribution is 2.26. The minimum atomic E-state index is -0.731. The molecule has 0 heterocycles. The first-order valence-electron chi connectivity index (χ1n) is 8.94. The fourth-order valence-electron chi connectivity index (χ4n) is 2.80. The van der Waals surface area contributed by atoms with Crippen LogP contribution in [0.15, 0.2) is 78.9 Å². The third kappa shape index (κ3) is 5.99. The maximum Gasteiger partial charge on any atom is 0.312 e. The maximum absolute atomic E-state index is 12.5. The van der Waals surface area contributed by atoms with E-state index in [0.717, 1.165) is 5.75 Å². The lowest BCUT2D eigenvalue weighted by atomic mass is 10.0. The summed E-state index contributed by atoms with van der Waals surface area (Å²) in [7, 11) is 0. The van der Waals surface area contributed by atoms with Gasteiger partial charge in [-0.15, -0.1) is 0 Å². The SMILES string of the molecule is NC(=O)N[C@H](CC(=O)Nc1ccc(Oc2ccccc2)cc1)c1ccccc1Cl. The van der Waals surface area contributed by atoms with Crippen molar-refractivity contribution in [1.82, 2.24) is 5.32 Å². The summed E-state index contributed by atoms with van der Waals surface area (Å²) in [6, 6.07) is 22.0. The van der Waals surface area contributed by atoms with Crippen LogP contribution in [-0.2, 0) is 4.79 Å². The van der Waals surface area contributed by atoms with E-state index < -0.39 is 12.1 Å². The van der Waals surface area contributed by atoms with Gasteiger partial charge in [-0.1, -0.05) is 48.0 Å². The van der Waals surface area contributed by atoms with Crippen LogP contribution in [0.25, 0.3) is 0 Å². The maximum atomic E-state index is 12.5. The zero-order valence-electron chi connectivity index (χ0n) is 15.5.